The maximum atomic E-state index is 11.8. The fourth-order valence-corrected chi connectivity index (χ4v) is 2.81. The average Bonchev–Trinajstić information content (AvgIpc) is 3.15. The van der Waals surface area contributed by atoms with Gasteiger partial charge in [-0.25, -0.2) is 0 Å². The third kappa shape index (κ3) is 4.27. The molecule has 2 N–H and O–H groups in total. The Hall–Kier alpha value is -1.46. The van der Waals surface area contributed by atoms with Crippen LogP contribution in [0.5, 0.6) is 5.75 Å². The van der Waals surface area contributed by atoms with Crippen LogP contribution in [0.1, 0.15) is 19.8 Å². The third-order valence-electron chi connectivity index (χ3n) is 3.58. The first kappa shape index (κ1) is 16.9. The molecule has 1 aromatic carbocycles. The van der Waals surface area contributed by atoms with Crippen LogP contribution in [-0.4, -0.2) is 25.5 Å². The number of rotatable bonds is 6. The van der Waals surface area contributed by atoms with Crippen molar-refractivity contribution in [1.82, 2.24) is 5.32 Å². The minimum Gasteiger partial charge on any atom is -0.494 e. The molecule has 1 aliphatic carbocycles. The standard InChI is InChI=1S/C15H18Cl2N2O3/c1-8-5-10(8)15(21)18-4-3-13(20)19-9-6-11(16)14(22-2)12(17)7-9/h6-8,10H,3-5H2,1-2H3,(H,18,21)(H,19,20)/t8-,10+/m0/s1. The number of benzene rings is 1. The van der Waals surface area contributed by atoms with E-state index >= 15 is 0 Å². The summed E-state index contributed by atoms with van der Waals surface area (Å²) in [7, 11) is 1.47. The lowest BCUT2D eigenvalue weighted by Crippen LogP contribution is -2.29. The summed E-state index contributed by atoms with van der Waals surface area (Å²) in [5.41, 5.74) is 0.489. The summed E-state index contributed by atoms with van der Waals surface area (Å²) < 4.78 is 5.04. The normalized spacial score (nSPS) is 19.5. The quantitative estimate of drug-likeness (QED) is 0.833. The number of hydrogen-bond acceptors (Lipinski definition) is 3. The number of amides is 2. The van der Waals surface area contributed by atoms with Crippen LogP contribution in [0, 0.1) is 11.8 Å². The van der Waals surface area contributed by atoms with Crippen molar-refractivity contribution in [2.24, 2.45) is 11.8 Å². The lowest BCUT2D eigenvalue weighted by molar-refractivity contribution is -0.122. The van der Waals surface area contributed by atoms with Crippen LogP contribution in [0.2, 0.25) is 10.0 Å². The first-order valence-electron chi connectivity index (χ1n) is 7.03. The summed E-state index contributed by atoms with van der Waals surface area (Å²) in [6.45, 7) is 2.35. The Morgan fingerprint density at radius 2 is 1.91 bits per heavy atom. The van der Waals surface area contributed by atoms with Gasteiger partial charge in [-0.2, -0.15) is 0 Å². The van der Waals surface area contributed by atoms with Gasteiger partial charge in [0.15, 0.2) is 5.75 Å². The molecule has 2 atom stereocenters. The summed E-state index contributed by atoms with van der Waals surface area (Å²) >= 11 is 12.0. The van der Waals surface area contributed by atoms with Gasteiger partial charge in [0.05, 0.1) is 17.2 Å². The van der Waals surface area contributed by atoms with Gasteiger partial charge in [-0.05, 0) is 24.5 Å². The van der Waals surface area contributed by atoms with E-state index in [0.717, 1.165) is 6.42 Å². The van der Waals surface area contributed by atoms with Crippen molar-refractivity contribution in [3.8, 4) is 5.75 Å². The number of carbonyl (C=O) groups is 2. The van der Waals surface area contributed by atoms with Crippen LogP contribution in [-0.2, 0) is 9.59 Å². The van der Waals surface area contributed by atoms with Crippen LogP contribution in [0.15, 0.2) is 12.1 Å². The smallest absolute Gasteiger partial charge is 0.226 e. The molecule has 2 amide bonds. The SMILES string of the molecule is COc1c(Cl)cc(NC(=O)CCNC(=O)[C@@H]2C[C@@H]2C)cc1Cl. The highest BCUT2D eigenvalue weighted by atomic mass is 35.5. The number of nitrogens with one attached hydrogen (secondary N) is 2. The molecule has 1 saturated carbocycles. The van der Waals surface area contributed by atoms with Crippen molar-refractivity contribution < 1.29 is 14.3 Å². The maximum absolute atomic E-state index is 11.8. The zero-order valence-corrected chi connectivity index (χ0v) is 13.9. The van der Waals surface area contributed by atoms with Crippen molar-refractivity contribution >= 4 is 40.7 Å². The molecule has 0 aliphatic heterocycles. The monoisotopic (exact) mass is 344 g/mol. The molecule has 1 aromatic rings. The van der Waals surface area contributed by atoms with E-state index in [-0.39, 0.29) is 24.2 Å². The van der Waals surface area contributed by atoms with Crippen molar-refractivity contribution in [3.63, 3.8) is 0 Å². The van der Waals surface area contributed by atoms with E-state index in [2.05, 4.69) is 10.6 Å². The second-order valence-corrected chi connectivity index (χ2v) is 6.20. The summed E-state index contributed by atoms with van der Waals surface area (Å²) in [4.78, 5) is 23.5. The topological polar surface area (TPSA) is 67.4 Å². The zero-order valence-electron chi connectivity index (χ0n) is 12.4. The molecule has 2 rings (SSSR count). The Balaban J connectivity index is 1.80. The second-order valence-electron chi connectivity index (χ2n) is 5.38. The number of ether oxygens (including phenoxy) is 1. The number of hydrogen-bond donors (Lipinski definition) is 2. The highest BCUT2D eigenvalue weighted by Crippen LogP contribution is 2.37. The first-order valence-corrected chi connectivity index (χ1v) is 7.78. The largest absolute Gasteiger partial charge is 0.494 e. The number of halogens is 2. The molecule has 7 heteroatoms. The van der Waals surface area contributed by atoms with Crippen molar-refractivity contribution in [2.45, 2.75) is 19.8 Å². The Bertz CT molecular complexity index is 569. The van der Waals surface area contributed by atoms with Crippen molar-refractivity contribution in [3.05, 3.63) is 22.2 Å². The molecule has 0 unspecified atom stereocenters. The van der Waals surface area contributed by atoms with Gasteiger partial charge >= 0.3 is 0 Å². The molecule has 120 valence electrons. The van der Waals surface area contributed by atoms with Gasteiger partial charge in [0, 0.05) is 24.6 Å². The number of anilines is 1. The average molecular weight is 345 g/mol. The van der Waals surface area contributed by atoms with Gasteiger partial charge < -0.3 is 15.4 Å². The first-order chi connectivity index (χ1) is 10.4. The van der Waals surface area contributed by atoms with Crippen LogP contribution in [0.3, 0.4) is 0 Å². The van der Waals surface area contributed by atoms with Crippen molar-refractivity contribution in [2.75, 3.05) is 19.0 Å². The van der Waals surface area contributed by atoms with Crippen molar-refractivity contribution in [1.29, 1.82) is 0 Å². The lowest BCUT2D eigenvalue weighted by Gasteiger charge is -2.10. The van der Waals surface area contributed by atoms with Gasteiger partial charge in [-0.15, -0.1) is 0 Å². The Kier molecular flexibility index (Phi) is 5.53. The fraction of sp³-hybridized carbons (Fsp3) is 0.467. The minimum atomic E-state index is -0.221. The molecular weight excluding hydrogens is 327 g/mol. The van der Waals surface area contributed by atoms with Gasteiger partial charge in [-0.1, -0.05) is 30.1 Å². The molecule has 1 fully saturated rings. The predicted molar refractivity (Wildman–Crippen MR) is 86.5 cm³/mol. The molecular formula is C15H18Cl2N2O3. The Morgan fingerprint density at radius 1 is 1.32 bits per heavy atom. The minimum absolute atomic E-state index is 0.0239. The van der Waals surface area contributed by atoms with E-state index in [1.165, 1.54) is 7.11 Å². The van der Waals surface area contributed by atoms with Crippen LogP contribution >= 0.6 is 23.2 Å². The van der Waals surface area contributed by atoms with E-state index in [9.17, 15) is 9.59 Å². The molecule has 1 aliphatic rings. The van der Waals surface area contributed by atoms with Crippen LogP contribution < -0.4 is 15.4 Å². The predicted octanol–water partition coefficient (Wildman–Crippen LogP) is 3.10. The molecule has 0 radical (unpaired) electrons. The maximum Gasteiger partial charge on any atom is 0.226 e. The molecule has 0 heterocycles. The number of methoxy groups -OCH3 is 1. The van der Waals surface area contributed by atoms with E-state index in [1.54, 1.807) is 12.1 Å². The Morgan fingerprint density at radius 3 is 2.41 bits per heavy atom. The zero-order chi connectivity index (χ0) is 16.3. The lowest BCUT2D eigenvalue weighted by atomic mass is 10.2. The highest BCUT2D eigenvalue weighted by Gasteiger charge is 2.38. The second kappa shape index (κ2) is 7.20. The Labute approximate surface area is 139 Å². The summed E-state index contributed by atoms with van der Waals surface area (Å²) in [5.74, 6) is 0.740. The van der Waals surface area contributed by atoms with Crippen LogP contribution in [0.25, 0.3) is 0 Å². The summed E-state index contributed by atoms with van der Waals surface area (Å²) in [6, 6.07) is 3.13. The van der Waals surface area contributed by atoms with E-state index in [4.69, 9.17) is 27.9 Å². The van der Waals surface area contributed by atoms with Gasteiger partial charge in [-0.3, -0.25) is 9.59 Å². The van der Waals surface area contributed by atoms with Gasteiger partial charge in [0.25, 0.3) is 0 Å². The molecule has 5 nitrogen and oxygen atoms in total. The summed E-state index contributed by atoms with van der Waals surface area (Å²) in [6.07, 6.45) is 1.12. The van der Waals surface area contributed by atoms with Gasteiger partial charge in [0.1, 0.15) is 0 Å². The van der Waals surface area contributed by atoms with E-state index in [1.807, 2.05) is 6.92 Å². The third-order valence-corrected chi connectivity index (χ3v) is 4.15. The van der Waals surface area contributed by atoms with Gasteiger partial charge in [0.2, 0.25) is 11.8 Å². The fourth-order valence-electron chi connectivity index (χ4n) is 2.17. The van der Waals surface area contributed by atoms with E-state index < -0.39 is 0 Å². The highest BCUT2D eigenvalue weighted by molar-refractivity contribution is 6.37. The van der Waals surface area contributed by atoms with Crippen LogP contribution in [0.4, 0.5) is 5.69 Å². The molecule has 22 heavy (non-hydrogen) atoms. The summed E-state index contributed by atoms with van der Waals surface area (Å²) in [5, 5.41) is 6.09. The number of carbonyl (C=O) groups excluding carboxylic acids is 2. The molecule has 0 bridgehead atoms. The van der Waals surface area contributed by atoms with E-state index in [0.29, 0.717) is 33.9 Å². The molecule has 0 saturated heterocycles. The molecule has 0 spiro atoms. The molecule has 0 aromatic heterocycles.